The lowest BCUT2D eigenvalue weighted by atomic mass is 10.1. The molecule has 5 heteroatoms. The molecule has 0 saturated carbocycles. The molecular weight excluding hydrogens is 226 g/mol. The molecule has 0 aromatic rings. The maximum absolute atomic E-state index is 11.7. The number of carbonyl (C=O) groups excluding carboxylic acids is 1. The van der Waals surface area contributed by atoms with Gasteiger partial charge in [-0.25, -0.2) is 0 Å². The lowest BCUT2D eigenvalue weighted by Crippen LogP contribution is -2.47. The molecule has 1 aliphatic rings. The predicted molar refractivity (Wildman–Crippen MR) is 69.0 cm³/mol. The van der Waals surface area contributed by atoms with Gasteiger partial charge in [0.05, 0.1) is 6.54 Å². The zero-order valence-corrected chi connectivity index (χ0v) is 11.5. The van der Waals surface area contributed by atoms with E-state index in [1.165, 1.54) is 0 Å². The zero-order valence-electron chi connectivity index (χ0n) is 10.7. The van der Waals surface area contributed by atoms with Gasteiger partial charge < -0.3 is 10.6 Å². The van der Waals surface area contributed by atoms with Gasteiger partial charge in [-0.3, -0.25) is 9.69 Å². The minimum atomic E-state index is -0.133. The van der Waals surface area contributed by atoms with Crippen molar-refractivity contribution in [1.29, 1.82) is 0 Å². The zero-order chi connectivity index (χ0) is 11.5. The molecule has 1 saturated heterocycles. The number of nitrogens with one attached hydrogen (secondary N) is 2. The monoisotopic (exact) mass is 249 g/mol. The smallest absolute Gasteiger partial charge is 0.234 e. The van der Waals surface area contributed by atoms with Crippen LogP contribution in [0.25, 0.3) is 0 Å². The maximum atomic E-state index is 11.7. The second-order valence-corrected chi connectivity index (χ2v) is 5.36. The number of nitrogens with zero attached hydrogens (tertiary/aromatic N) is 1. The largest absolute Gasteiger partial charge is 0.350 e. The van der Waals surface area contributed by atoms with Gasteiger partial charge in [-0.15, -0.1) is 12.4 Å². The molecule has 2 N–H and O–H groups in total. The van der Waals surface area contributed by atoms with Crippen molar-refractivity contribution in [2.75, 3.05) is 26.7 Å². The first-order chi connectivity index (χ1) is 6.88. The second kappa shape index (κ2) is 6.42. The van der Waals surface area contributed by atoms with Crippen molar-refractivity contribution in [3.8, 4) is 0 Å². The van der Waals surface area contributed by atoms with Crippen molar-refractivity contribution < 1.29 is 4.79 Å². The van der Waals surface area contributed by atoms with Gasteiger partial charge in [0.2, 0.25) is 5.91 Å². The third-order valence-corrected chi connectivity index (χ3v) is 2.57. The van der Waals surface area contributed by atoms with Crippen LogP contribution in [0.15, 0.2) is 0 Å². The molecule has 1 aliphatic heterocycles. The molecule has 1 amide bonds. The minimum absolute atomic E-state index is 0. The molecule has 0 bridgehead atoms. The average Bonchev–Trinajstić information content (AvgIpc) is 2.50. The van der Waals surface area contributed by atoms with Gasteiger partial charge in [-0.1, -0.05) is 0 Å². The van der Waals surface area contributed by atoms with E-state index in [2.05, 4.69) is 15.5 Å². The fraction of sp³-hybridized carbons (Fsp3) is 0.909. The Morgan fingerprint density at radius 2 is 2.12 bits per heavy atom. The lowest BCUT2D eigenvalue weighted by molar-refractivity contribution is -0.123. The number of amides is 1. The number of carbonyl (C=O) groups is 1. The van der Waals surface area contributed by atoms with Crippen molar-refractivity contribution in [3.63, 3.8) is 0 Å². The van der Waals surface area contributed by atoms with Crippen LogP contribution in [0, 0.1) is 0 Å². The van der Waals surface area contributed by atoms with E-state index in [1.807, 2.05) is 27.8 Å². The normalized spacial score (nSPS) is 20.7. The summed E-state index contributed by atoms with van der Waals surface area (Å²) in [6.45, 7) is 8.56. The van der Waals surface area contributed by atoms with Gasteiger partial charge in [0.15, 0.2) is 0 Å². The van der Waals surface area contributed by atoms with Gasteiger partial charge in [0, 0.05) is 18.1 Å². The molecule has 16 heavy (non-hydrogen) atoms. The van der Waals surface area contributed by atoms with E-state index in [0.29, 0.717) is 12.6 Å². The molecular formula is C11H24ClN3O. The van der Waals surface area contributed by atoms with E-state index in [-0.39, 0.29) is 23.9 Å². The predicted octanol–water partition coefficient (Wildman–Crippen LogP) is 0.617. The molecule has 1 heterocycles. The Morgan fingerprint density at radius 1 is 1.50 bits per heavy atom. The maximum Gasteiger partial charge on any atom is 0.234 e. The third kappa shape index (κ3) is 5.68. The molecule has 1 atom stereocenters. The van der Waals surface area contributed by atoms with Crippen LogP contribution in [0.1, 0.15) is 27.2 Å². The Labute approximate surface area is 105 Å². The number of halogens is 1. The van der Waals surface area contributed by atoms with Crippen LogP contribution in [-0.2, 0) is 4.79 Å². The van der Waals surface area contributed by atoms with Gasteiger partial charge in [-0.2, -0.15) is 0 Å². The van der Waals surface area contributed by atoms with E-state index in [1.54, 1.807) is 0 Å². The summed E-state index contributed by atoms with van der Waals surface area (Å²) >= 11 is 0. The molecule has 0 aromatic heterocycles. The standard InChI is InChI=1S/C11H23N3O.ClH/c1-11(2,3)13-10(15)8-14(4)9-5-6-12-7-9;/h9,12H,5-8H2,1-4H3,(H,13,15);1H. The van der Waals surface area contributed by atoms with E-state index in [0.717, 1.165) is 19.5 Å². The topological polar surface area (TPSA) is 44.4 Å². The SMILES string of the molecule is CN(CC(=O)NC(C)(C)C)C1CCNC1.Cl. The third-order valence-electron chi connectivity index (χ3n) is 2.57. The highest BCUT2D eigenvalue weighted by Gasteiger charge is 2.22. The summed E-state index contributed by atoms with van der Waals surface area (Å²) in [4.78, 5) is 13.8. The number of rotatable bonds is 3. The molecule has 0 aliphatic carbocycles. The van der Waals surface area contributed by atoms with Crippen LogP contribution in [0.4, 0.5) is 0 Å². The molecule has 1 unspecified atom stereocenters. The van der Waals surface area contributed by atoms with E-state index >= 15 is 0 Å². The Balaban J connectivity index is 0.00000225. The van der Waals surface area contributed by atoms with Crippen LogP contribution >= 0.6 is 12.4 Å². The van der Waals surface area contributed by atoms with Crippen molar-refractivity contribution in [2.45, 2.75) is 38.8 Å². The highest BCUT2D eigenvalue weighted by atomic mass is 35.5. The molecule has 1 fully saturated rings. The minimum Gasteiger partial charge on any atom is -0.350 e. The number of hydrogen-bond donors (Lipinski definition) is 2. The van der Waals surface area contributed by atoms with Gasteiger partial charge >= 0.3 is 0 Å². The molecule has 0 aromatic carbocycles. The first-order valence-electron chi connectivity index (χ1n) is 5.60. The molecule has 4 nitrogen and oxygen atoms in total. The fourth-order valence-corrected chi connectivity index (χ4v) is 1.83. The Hall–Kier alpha value is -0.320. The van der Waals surface area contributed by atoms with Crippen molar-refractivity contribution in [3.05, 3.63) is 0 Å². The van der Waals surface area contributed by atoms with Gasteiger partial charge in [0.25, 0.3) is 0 Å². The summed E-state index contributed by atoms with van der Waals surface area (Å²) in [5.41, 5.74) is -0.133. The molecule has 0 spiro atoms. The molecule has 96 valence electrons. The molecule has 0 radical (unpaired) electrons. The van der Waals surface area contributed by atoms with Gasteiger partial charge in [0.1, 0.15) is 0 Å². The van der Waals surface area contributed by atoms with E-state index in [4.69, 9.17) is 0 Å². The summed E-state index contributed by atoms with van der Waals surface area (Å²) in [6, 6.07) is 0.510. The summed E-state index contributed by atoms with van der Waals surface area (Å²) in [5, 5.41) is 6.27. The summed E-state index contributed by atoms with van der Waals surface area (Å²) in [6.07, 6.45) is 1.14. The van der Waals surface area contributed by atoms with Crippen molar-refractivity contribution in [2.24, 2.45) is 0 Å². The van der Waals surface area contributed by atoms with Crippen LogP contribution in [0.2, 0.25) is 0 Å². The quantitative estimate of drug-likeness (QED) is 0.771. The first-order valence-corrected chi connectivity index (χ1v) is 5.60. The number of likely N-dealkylation sites (N-methyl/N-ethyl adjacent to an activating group) is 1. The summed E-state index contributed by atoms with van der Waals surface area (Å²) in [5.74, 6) is 0.108. The van der Waals surface area contributed by atoms with Crippen molar-refractivity contribution in [1.82, 2.24) is 15.5 Å². The van der Waals surface area contributed by atoms with E-state index < -0.39 is 0 Å². The average molecular weight is 250 g/mol. The Bertz CT molecular complexity index is 222. The van der Waals surface area contributed by atoms with Gasteiger partial charge in [-0.05, 0) is 40.8 Å². The van der Waals surface area contributed by atoms with E-state index in [9.17, 15) is 4.79 Å². The Kier molecular flexibility index (Phi) is 6.30. The fourth-order valence-electron chi connectivity index (χ4n) is 1.83. The van der Waals surface area contributed by atoms with Crippen LogP contribution in [0.5, 0.6) is 0 Å². The second-order valence-electron chi connectivity index (χ2n) is 5.36. The van der Waals surface area contributed by atoms with Crippen LogP contribution < -0.4 is 10.6 Å². The first kappa shape index (κ1) is 15.7. The van der Waals surface area contributed by atoms with Crippen LogP contribution in [-0.4, -0.2) is 49.1 Å². The highest BCUT2D eigenvalue weighted by molar-refractivity contribution is 5.85. The lowest BCUT2D eigenvalue weighted by Gasteiger charge is -2.26. The van der Waals surface area contributed by atoms with Crippen LogP contribution in [0.3, 0.4) is 0 Å². The number of hydrogen-bond acceptors (Lipinski definition) is 3. The summed E-state index contributed by atoms with van der Waals surface area (Å²) in [7, 11) is 2.01. The highest BCUT2D eigenvalue weighted by Crippen LogP contribution is 2.06. The Morgan fingerprint density at radius 3 is 2.56 bits per heavy atom. The summed E-state index contributed by atoms with van der Waals surface area (Å²) < 4.78 is 0. The van der Waals surface area contributed by atoms with Crippen molar-refractivity contribution >= 4 is 18.3 Å². The molecule has 1 rings (SSSR count).